The quantitative estimate of drug-likeness (QED) is 0.497. The molecule has 0 radical (unpaired) electrons. The van der Waals surface area contributed by atoms with Crippen LogP contribution in [0.3, 0.4) is 0 Å². The van der Waals surface area contributed by atoms with E-state index in [1.807, 2.05) is 26.0 Å². The number of carbonyl (C=O) groups excluding carboxylic acids is 1. The van der Waals surface area contributed by atoms with Gasteiger partial charge in [-0.1, -0.05) is 24.1 Å². The van der Waals surface area contributed by atoms with Gasteiger partial charge in [-0.2, -0.15) is 0 Å². The molecule has 0 saturated carbocycles. The molecule has 1 heterocycles. The van der Waals surface area contributed by atoms with Crippen LogP contribution in [0, 0.1) is 6.92 Å². The van der Waals surface area contributed by atoms with Crippen molar-refractivity contribution in [2.24, 2.45) is 0 Å². The SMILES string of the molecule is CCOC(=O)CCCCCN1CCC(NS(=O)(=O)c2ccc(C)cc2)C1. The topological polar surface area (TPSA) is 75.7 Å². The van der Waals surface area contributed by atoms with Crippen LogP contribution in [0.1, 0.15) is 44.6 Å². The van der Waals surface area contributed by atoms with E-state index >= 15 is 0 Å². The first-order chi connectivity index (χ1) is 12.4. The van der Waals surface area contributed by atoms with Crippen molar-refractivity contribution < 1.29 is 17.9 Å². The highest BCUT2D eigenvalue weighted by atomic mass is 32.2. The summed E-state index contributed by atoms with van der Waals surface area (Å²) in [7, 11) is -3.46. The fraction of sp³-hybridized carbons (Fsp3) is 0.632. The average molecular weight is 383 g/mol. The van der Waals surface area contributed by atoms with E-state index in [-0.39, 0.29) is 12.0 Å². The van der Waals surface area contributed by atoms with Crippen LogP contribution in [-0.4, -0.2) is 51.6 Å². The number of nitrogens with zero attached hydrogens (tertiary/aromatic N) is 1. The number of hydrogen-bond donors (Lipinski definition) is 1. The van der Waals surface area contributed by atoms with Crippen molar-refractivity contribution in [2.75, 3.05) is 26.2 Å². The molecule has 1 aliphatic rings. The van der Waals surface area contributed by atoms with Crippen LogP contribution in [0.15, 0.2) is 29.2 Å². The molecular formula is C19H30N2O4S. The molecule has 1 unspecified atom stereocenters. The maximum Gasteiger partial charge on any atom is 0.305 e. The Morgan fingerprint density at radius 2 is 1.96 bits per heavy atom. The van der Waals surface area contributed by atoms with E-state index in [0.29, 0.717) is 17.9 Å². The second-order valence-electron chi connectivity index (χ2n) is 6.84. The summed E-state index contributed by atoms with van der Waals surface area (Å²) in [5.41, 5.74) is 1.04. The molecule has 1 aromatic carbocycles. The minimum absolute atomic E-state index is 0.0409. The van der Waals surface area contributed by atoms with E-state index in [9.17, 15) is 13.2 Å². The third-order valence-corrected chi connectivity index (χ3v) is 6.12. The van der Waals surface area contributed by atoms with Crippen molar-refractivity contribution in [1.82, 2.24) is 9.62 Å². The van der Waals surface area contributed by atoms with Gasteiger partial charge in [0.1, 0.15) is 0 Å². The predicted octanol–water partition coefficient (Wildman–Crippen LogP) is 2.47. The first-order valence-electron chi connectivity index (χ1n) is 9.37. The Labute approximate surface area is 157 Å². The van der Waals surface area contributed by atoms with E-state index in [1.54, 1.807) is 12.1 Å². The van der Waals surface area contributed by atoms with Crippen LogP contribution in [0.5, 0.6) is 0 Å². The van der Waals surface area contributed by atoms with Crippen LogP contribution in [0.2, 0.25) is 0 Å². The summed E-state index contributed by atoms with van der Waals surface area (Å²) in [6.45, 7) is 6.76. The van der Waals surface area contributed by atoms with E-state index in [1.165, 1.54) is 0 Å². The van der Waals surface area contributed by atoms with E-state index in [4.69, 9.17) is 4.74 Å². The van der Waals surface area contributed by atoms with Gasteiger partial charge in [0.25, 0.3) is 0 Å². The Kier molecular flexibility index (Phi) is 8.06. The fourth-order valence-electron chi connectivity index (χ4n) is 3.15. The maximum atomic E-state index is 12.4. The van der Waals surface area contributed by atoms with Gasteiger partial charge in [0.2, 0.25) is 10.0 Å². The van der Waals surface area contributed by atoms with Crippen molar-refractivity contribution in [3.8, 4) is 0 Å². The fourth-order valence-corrected chi connectivity index (χ4v) is 4.41. The van der Waals surface area contributed by atoms with Gasteiger partial charge >= 0.3 is 5.97 Å². The summed E-state index contributed by atoms with van der Waals surface area (Å²) >= 11 is 0. The second kappa shape index (κ2) is 10.0. The second-order valence-corrected chi connectivity index (χ2v) is 8.55. The Balaban J connectivity index is 1.68. The normalized spacial score (nSPS) is 18.2. The molecule has 0 aromatic heterocycles. The number of esters is 1. The summed E-state index contributed by atoms with van der Waals surface area (Å²) < 4.78 is 32.6. The van der Waals surface area contributed by atoms with Gasteiger partial charge < -0.3 is 9.64 Å². The molecule has 1 N–H and O–H groups in total. The molecule has 1 atom stereocenters. The molecule has 1 saturated heterocycles. The Hall–Kier alpha value is -1.44. The number of carbonyl (C=O) groups is 1. The number of hydrogen-bond acceptors (Lipinski definition) is 5. The van der Waals surface area contributed by atoms with E-state index in [2.05, 4.69) is 9.62 Å². The minimum atomic E-state index is -3.46. The molecule has 26 heavy (non-hydrogen) atoms. The lowest BCUT2D eigenvalue weighted by Crippen LogP contribution is -2.37. The molecule has 0 amide bonds. The summed E-state index contributed by atoms with van der Waals surface area (Å²) in [4.78, 5) is 13.9. The molecule has 1 fully saturated rings. The Bertz CT molecular complexity index is 673. The zero-order chi connectivity index (χ0) is 19.0. The molecule has 0 spiro atoms. The van der Waals surface area contributed by atoms with Crippen LogP contribution in [-0.2, 0) is 19.6 Å². The van der Waals surface area contributed by atoms with Gasteiger partial charge in [-0.05, 0) is 58.3 Å². The minimum Gasteiger partial charge on any atom is -0.466 e. The van der Waals surface area contributed by atoms with Gasteiger partial charge in [-0.25, -0.2) is 13.1 Å². The first kappa shape index (κ1) is 20.9. The van der Waals surface area contributed by atoms with Crippen LogP contribution in [0.25, 0.3) is 0 Å². The van der Waals surface area contributed by atoms with E-state index in [0.717, 1.165) is 50.9 Å². The third-order valence-electron chi connectivity index (χ3n) is 4.59. The standard InChI is InChI=1S/C19H30N2O4S/c1-3-25-19(22)7-5-4-6-13-21-14-12-17(15-21)20-26(23,24)18-10-8-16(2)9-11-18/h8-11,17,20H,3-7,12-15H2,1-2H3. The number of benzene rings is 1. The summed E-state index contributed by atoms with van der Waals surface area (Å²) in [6.07, 6.45) is 4.14. The Morgan fingerprint density at radius 1 is 1.23 bits per heavy atom. The first-order valence-corrected chi connectivity index (χ1v) is 10.9. The highest BCUT2D eigenvalue weighted by molar-refractivity contribution is 7.89. The maximum absolute atomic E-state index is 12.4. The van der Waals surface area contributed by atoms with Crippen molar-refractivity contribution in [1.29, 1.82) is 0 Å². The molecule has 146 valence electrons. The number of aryl methyl sites for hydroxylation is 1. The molecule has 6 nitrogen and oxygen atoms in total. The van der Waals surface area contributed by atoms with Crippen LogP contribution >= 0.6 is 0 Å². The van der Waals surface area contributed by atoms with Crippen LogP contribution < -0.4 is 4.72 Å². The van der Waals surface area contributed by atoms with Gasteiger partial charge in [0.05, 0.1) is 11.5 Å². The smallest absolute Gasteiger partial charge is 0.305 e. The molecule has 1 aromatic rings. The van der Waals surface area contributed by atoms with Gasteiger partial charge in [0.15, 0.2) is 0 Å². The zero-order valence-corrected chi connectivity index (χ0v) is 16.6. The predicted molar refractivity (Wildman–Crippen MR) is 101 cm³/mol. The summed E-state index contributed by atoms with van der Waals surface area (Å²) in [5.74, 6) is -0.126. The van der Waals surface area contributed by atoms with E-state index < -0.39 is 10.0 Å². The number of ether oxygens (including phenoxy) is 1. The number of likely N-dealkylation sites (tertiary alicyclic amines) is 1. The lowest BCUT2D eigenvalue weighted by atomic mass is 10.2. The van der Waals surface area contributed by atoms with Crippen molar-refractivity contribution in [3.63, 3.8) is 0 Å². The molecule has 1 aliphatic heterocycles. The van der Waals surface area contributed by atoms with Gasteiger partial charge in [0, 0.05) is 19.0 Å². The van der Waals surface area contributed by atoms with Crippen molar-refractivity contribution in [2.45, 2.75) is 56.9 Å². The number of nitrogens with one attached hydrogen (secondary N) is 1. The average Bonchev–Trinajstić information content (AvgIpc) is 3.02. The van der Waals surface area contributed by atoms with Crippen LogP contribution in [0.4, 0.5) is 0 Å². The molecule has 0 bridgehead atoms. The number of sulfonamides is 1. The van der Waals surface area contributed by atoms with Crippen molar-refractivity contribution in [3.05, 3.63) is 29.8 Å². The monoisotopic (exact) mass is 382 g/mol. The van der Waals surface area contributed by atoms with Crippen molar-refractivity contribution >= 4 is 16.0 Å². The third kappa shape index (κ3) is 6.70. The lowest BCUT2D eigenvalue weighted by Gasteiger charge is -2.16. The number of unbranched alkanes of at least 4 members (excludes halogenated alkanes) is 2. The molecule has 0 aliphatic carbocycles. The largest absolute Gasteiger partial charge is 0.466 e. The van der Waals surface area contributed by atoms with Gasteiger partial charge in [-0.15, -0.1) is 0 Å². The highest BCUT2D eigenvalue weighted by Crippen LogP contribution is 2.16. The highest BCUT2D eigenvalue weighted by Gasteiger charge is 2.26. The number of rotatable bonds is 10. The van der Waals surface area contributed by atoms with Gasteiger partial charge in [-0.3, -0.25) is 4.79 Å². The molecule has 2 rings (SSSR count). The zero-order valence-electron chi connectivity index (χ0n) is 15.7. The molecular weight excluding hydrogens is 352 g/mol. The lowest BCUT2D eigenvalue weighted by molar-refractivity contribution is -0.143. The molecule has 7 heteroatoms. The summed E-state index contributed by atoms with van der Waals surface area (Å²) in [5, 5.41) is 0. The Morgan fingerprint density at radius 3 is 2.65 bits per heavy atom. The summed E-state index contributed by atoms with van der Waals surface area (Å²) in [6, 6.07) is 6.88.